The van der Waals surface area contributed by atoms with Crippen LogP contribution >= 0.6 is 0 Å². The van der Waals surface area contributed by atoms with Crippen LogP contribution in [-0.2, 0) is 23.8 Å². The molecule has 0 aromatic rings. The number of halogens is 3. The van der Waals surface area contributed by atoms with Crippen molar-refractivity contribution in [3.05, 3.63) is 0 Å². The van der Waals surface area contributed by atoms with E-state index in [1.165, 1.54) is 0 Å². The van der Waals surface area contributed by atoms with Gasteiger partial charge in [0.1, 0.15) is 6.61 Å². The summed E-state index contributed by atoms with van der Waals surface area (Å²) in [5.74, 6) is -2.59. The Balaban J connectivity index is 4.16. The largest absolute Gasteiger partial charge is 0.465 e. The fourth-order valence-electron chi connectivity index (χ4n) is 1.40. The highest BCUT2D eigenvalue weighted by atomic mass is 19.4. The highest BCUT2D eigenvalue weighted by molar-refractivity contribution is 5.94. The average Bonchev–Trinajstić information content (AvgIpc) is 2.32. The first-order valence-corrected chi connectivity index (χ1v) is 6.29. The van der Waals surface area contributed by atoms with Crippen LogP contribution in [0, 0.1) is 5.92 Å². The molecule has 8 heteroatoms. The lowest BCUT2D eigenvalue weighted by molar-refractivity contribution is -0.175. The van der Waals surface area contributed by atoms with E-state index < -0.39 is 30.6 Å². The second kappa shape index (κ2) is 9.57. The highest BCUT2D eigenvalue weighted by Crippen LogP contribution is 2.16. The summed E-state index contributed by atoms with van der Waals surface area (Å²) >= 11 is 0. The second-order valence-corrected chi connectivity index (χ2v) is 3.87. The van der Waals surface area contributed by atoms with Crippen LogP contribution in [0.25, 0.3) is 0 Å². The molecule has 0 rings (SSSR count). The molecule has 0 aliphatic rings. The van der Waals surface area contributed by atoms with Crippen molar-refractivity contribution in [1.82, 2.24) is 0 Å². The molecule has 0 aliphatic heterocycles. The Hall–Kier alpha value is -1.31. The van der Waals surface area contributed by atoms with Crippen LogP contribution in [0.3, 0.4) is 0 Å². The maximum atomic E-state index is 11.8. The fourth-order valence-corrected chi connectivity index (χ4v) is 1.40. The Bertz CT molecular complexity index is 286. The Labute approximate surface area is 115 Å². The fraction of sp³-hybridized carbons (Fsp3) is 0.833. The minimum Gasteiger partial charge on any atom is -0.465 e. The number of hydrogen-bond donors (Lipinski definition) is 0. The van der Waals surface area contributed by atoms with E-state index in [4.69, 9.17) is 9.47 Å². The topological polar surface area (TPSA) is 61.8 Å². The third-order valence-electron chi connectivity index (χ3n) is 2.19. The Morgan fingerprint density at radius 1 is 1.05 bits per heavy atom. The summed E-state index contributed by atoms with van der Waals surface area (Å²) < 4.78 is 49.3. The van der Waals surface area contributed by atoms with Gasteiger partial charge in [-0.05, 0) is 26.7 Å². The molecular weight excluding hydrogens is 281 g/mol. The van der Waals surface area contributed by atoms with Crippen LogP contribution in [0.4, 0.5) is 13.2 Å². The van der Waals surface area contributed by atoms with Crippen LogP contribution in [0.5, 0.6) is 0 Å². The van der Waals surface area contributed by atoms with Crippen LogP contribution in [0.2, 0.25) is 0 Å². The SMILES string of the molecule is CCOC(=O)C(CCCOCC(F)(F)F)C(=O)OCC. The van der Waals surface area contributed by atoms with Gasteiger partial charge >= 0.3 is 18.1 Å². The number of esters is 2. The van der Waals surface area contributed by atoms with Crippen molar-refractivity contribution in [3.63, 3.8) is 0 Å². The molecule has 0 unspecified atom stereocenters. The van der Waals surface area contributed by atoms with E-state index in [1.807, 2.05) is 0 Å². The Kier molecular flexibility index (Phi) is 8.94. The standard InChI is InChI=1S/C12H19F3O5/c1-3-19-10(16)9(11(17)20-4-2)6-5-7-18-8-12(13,14)15/h9H,3-8H2,1-2H3. The molecule has 0 saturated heterocycles. The summed E-state index contributed by atoms with van der Waals surface area (Å²) in [6, 6.07) is 0. The first kappa shape index (κ1) is 18.7. The van der Waals surface area contributed by atoms with Gasteiger partial charge in [-0.2, -0.15) is 13.2 Å². The molecule has 0 aliphatic carbocycles. The summed E-state index contributed by atoms with van der Waals surface area (Å²) in [5, 5.41) is 0. The van der Waals surface area contributed by atoms with E-state index in [2.05, 4.69) is 4.74 Å². The van der Waals surface area contributed by atoms with Gasteiger partial charge in [0.2, 0.25) is 0 Å². The van der Waals surface area contributed by atoms with E-state index >= 15 is 0 Å². The smallest absolute Gasteiger partial charge is 0.411 e. The normalized spacial score (nSPS) is 11.5. The minimum absolute atomic E-state index is 0.0233. The molecule has 0 fully saturated rings. The number of carbonyl (C=O) groups excluding carboxylic acids is 2. The van der Waals surface area contributed by atoms with Crippen LogP contribution in [0.1, 0.15) is 26.7 Å². The zero-order valence-electron chi connectivity index (χ0n) is 11.5. The van der Waals surface area contributed by atoms with Crippen molar-refractivity contribution in [2.24, 2.45) is 5.92 Å². The quantitative estimate of drug-likeness (QED) is 0.371. The van der Waals surface area contributed by atoms with Crippen LogP contribution in [-0.4, -0.2) is 44.5 Å². The van der Waals surface area contributed by atoms with Gasteiger partial charge in [0, 0.05) is 6.61 Å². The van der Waals surface area contributed by atoms with E-state index in [0.29, 0.717) is 0 Å². The van der Waals surface area contributed by atoms with Crippen molar-refractivity contribution in [1.29, 1.82) is 0 Å². The molecule has 0 aromatic heterocycles. The molecule has 118 valence electrons. The molecular formula is C12H19F3O5. The predicted molar refractivity (Wildman–Crippen MR) is 62.9 cm³/mol. The lowest BCUT2D eigenvalue weighted by Gasteiger charge is -2.14. The molecule has 0 amide bonds. The maximum absolute atomic E-state index is 11.8. The minimum atomic E-state index is -4.39. The van der Waals surface area contributed by atoms with Gasteiger partial charge in [0.25, 0.3) is 0 Å². The monoisotopic (exact) mass is 300 g/mol. The molecule has 0 bridgehead atoms. The molecule has 0 spiro atoms. The maximum Gasteiger partial charge on any atom is 0.411 e. The van der Waals surface area contributed by atoms with Gasteiger partial charge in [-0.25, -0.2) is 0 Å². The van der Waals surface area contributed by atoms with Gasteiger partial charge in [-0.3, -0.25) is 9.59 Å². The molecule has 0 heterocycles. The lowest BCUT2D eigenvalue weighted by Crippen LogP contribution is -2.28. The Morgan fingerprint density at radius 3 is 1.95 bits per heavy atom. The van der Waals surface area contributed by atoms with Crippen molar-refractivity contribution in [3.8, 4) is 0 Å². The lowest BCUT2D eigenvalue weighted by atomic mass is 10.0. The van der Waals surface area contributed by atoms with Gasteiger partial charge in [-0.1, -0.05) is 0 Å². The number of hydrogen-bond acceptors (Lipinski definition) is 5. The first-order chi connectivity index (χ1) is 9.31. The summed E-state index contributed by atoms with van der Waals surface area (Å²) in [7, 11) is 0. The summed E-state index contributed by atoms with van der Waals surface area (Å²) in [6.45, 7) is 1.85. The van der Waals surface area contributed by atoms with Crippen molar-refractivity contribution < 1.29 is 37.0 Å². The number of rotatable bonds is 9. The summed E-state index contributed by atoms with van der Waals surface area (Å²) in [5.41, 5.74) is 0. The average molecular weight is 300 g/mol. The summed E-state index contributed by atoms with van der Waals surface area (Å²) in [6.07, 6.45) is -4.24. The first-order valence-electron chi connectivity index (χ1n) is 6.29. The van der Waals surface area contributed by atoms with Crippen LogP contribution in [0.15, 0.2) is 0 Å². The zero-order chi connectivity index (χ0) is 15.6. The van der Waals surface area contributed by atoms with Gasteiger partial charge in [-0.15, -0.1) is 0 Å². The third kappa shape index (κ3) is 8.73. The van der Waals surface area contributed by atoms with E-state index in [9.17, 15) is 22.8 Å². The molecule has 0 N–H and O–H groups in total. The number of ether oxygens (including phenoxy) is 3. The van der Waals surface area contributed by atoms with Crippen molar-refractivity contribution >= 4 is 11.9 Å². The molecule has 0 radical (unpaired) electrons. The molecule has 5 nitrogen and oxygen atoms in total. The van der Waals surface area contributed by atoms with E-state index in [-0.39, 0.29) is 32.7 Å². The molecule has 0 aromatic carbocycles. The predicted octanol–water partition coefficient (Wildman–Crippen LogP) is 2.09. The molecule has 0 atom stereocenters. The highest BCUT2D eigenvalue weighted by Gasteiger charge is 2.30. The van der Waals surface area contributed by atoms with Crippen molar-refractivity contribution in [2.45, 2.75) is 32.9 Å². The van der Waals surface area contributed by atoms with E-state index in [1.54, 1.807) is 13.8 Å². The second-order valence-electron chi connectivity index (χ2n) is 3.87. The van der Waals surface area contributed by atoms with Gasteiger partial charge in [0.05, 0.1) is 13.2 Å². The van der Waals surface area contributed by atoms with Crippen molar-refractivity contribution in [2.75, 3.05) is 26.4 Å². The number of alkyl halides is 3. The number of carbonyl (C=O) groups is 2. The summed E-state index contributed by atoms with van der Waals surface area (Å²) in [4.78, 5) is 23.1. The Morgan fingerprint density at radius 2 is 1.55 bits per heavy atom. The van der Waals surface area contributed by atoms with Gasteiger partial charge < -0.3 is 14.2 Å². The van der Waals surface area contributed by atoms with Crippen LogP contribution < -0.4 is 0 Å². The third-order valence-corrected chi connectivity index (χ3v) is 2.19. The molecule has 0 saturated carbocycles. The zero-order valence-corrected chi connectivity index (χ0v) is 11.5. The van der Waals surface area contributed by atoms with E-state index in [0.717, 1.165) is 0 Å². The molecule has 20 heavy (non-hydrogen) atoms. The van der Waals surface area contributed by atoms with Gasteiger partial charge in [0.15, 0.2) is 5.92 Å².